The Hall–Kier alpha value is -2.01. The molecule has 1 aromatic carbocycles. The highest BCUT2D eigenvalue weighted by molar-refractivity contribution is 8.00. The summed E-state index contributed by atoms with van der Waals surface area (Å²) in [4.78, 5) is 24.6. The van der Waals surface area contributed by atoms with Crippen LogP contribution in [0.2, 0.25) is 0 Å². The predicted octanol–water partition coefficient (Wildman–Crippen LogP) is 4.45. The third kappa shape index (κ3) is 4.51. The molecule has 0 saturated heterocycles. The largest absolute Gasteiger partial charge is 0.348 e. The van der Waals surface area contributed by atoms with Gasteiger partial charge in [-0.2, -0.15) is 0 Å². The van der Waals surface area contributed by atoms with Crippen LogP contribution in [0.1, 0.15) is 42.0 Å². The van der Waals surface area contributed by atoms with Crippen LogP contribution in [0.3, 0.4) is 0 Å². The smallest absolute Gasteiger partial charge is 0.221 e. The first kappa shape index (κ1) is 18.3. The lowest BCUT2D eigenvalue weighted by atomic mass is 10.2. The first-order valence-electron chi connectivity index (χ1n) is 8.12. The zero-order valence-electron chi connectivity index (χ0n) is 14.7. The molecule has 1 heterocycles. The molecule has 1 N–H and O–H groups in total. The number of aromatic nitrogens is 1. The van der Waals surface area contributed by atoms with E-state index in [2.05, 4.69) is 16.8 Å². The van der Waals surface area contributed by atoms with E-state index < -0.39 is 0 Å². The number of ketones is 1. The fraction of sp³-hybridized carbons (Fsp3) is 0.368. The maximum atomic E-state index is 12.5. The molecule has 4 nitrogen and oxygen atoms in total. The number of amides is 1. The minimum Gasteiger partial charge on any atom is -0.348 e. The van der Waals surface area contributed by atoms with Gasteiger partial charge in [-0.3, -0.25) is 9.59 Å². The first-order valence-corrected chi connectivity index (χ1v) is 9.11. The number of aryl methyl sites for hydroxylation is 1. The van der Waals surface area contributed by atoms with Crippen LogP contribution < -0.4 is 5.32 Å². The number of hydrogen-bond donors (Lipinski definition) is 1. The Balaban J connectivity index is 2.00. The van der Waals surface area contributed by atoms with Crippen molar-refractivity contribution in [3.05, 3.63) is 47.3 Å². The average molecular weight is 344 g/mol. The van der Waals surface area contributed by atoms with Crippen molar-refractivity contribution >= 4 is 29.1 Å². The average Bonchev–Trinajstić information content (AvgIpc) is 2.82. The van der Waals surface area contributed by atoms with Gasteiger partial charge in [0.05, 0.1) is 5.75 Å². The normalized spacial score (nSPS) is 10.7. The van der Waals surface area contributed by atoms with E-state index in [0.717, 1.165) is 40.5 Å². The van der Waals surface area contributed by atoms with Crippen molar-refractivity contribution in [2.24, 2.45) is 0 Å². The fourth-order valence-electron chi connectivity index (χ4n) is 2.72. The van der Waals surface area contributed by atoms with Gasteiger partial charge in [0.2, 0.25) is 5.91 Å². The Kier molecular flexibility index (Phi) is 6.26. The lowest BCUT2D eigenvalue weighted by molar-refractivity contribution is -0.114. The van der Waals surface area contributed by atoms with E-state index in [4.69, 9.17) is 0 Å². The number of carbonyl (C=O) groups excluding carboxylic acids is 2. The highest BCUT2D eigenvalue weighted by atomic mass is 32.2. The summed E-state index contributed by atoms with van der Waals surface area (Å²) in [5.41, 5.74) is 3.79. The molecule has 0 fully saturated rings. The minimum atomic E-state index is -0.0898. The predicted molar refractivity (Wildman–Crippen MR) is 100.0 cm³/mol. The summed E-state index contributed by atoms with van der Waals surface area (Å²) < 4.78 is 2.21. The van der Waals surface area contributed by atoms with Crippen molar-refractivity contribution in [2.45, 2.75) is 45.6 Å². The van der Waals surface area contributed by atoms with Crippen LogP contribution in [0, 0.1) is 13.8 Å². The van der Waals surface area contributed by atoms with E-state index in [0.29, 0.717) is 5.75 Å². The maximum Gasteiger partial charge on any atom is 0.221 e. The van der Waals surface area contributed by atoms with Gasteiger partial charge in [-0.15, -0.1) is 11.8 Å². The molecule has 2 rings (SSSR count). The van der Waals surface area contributed by atoms with Gasteiger partial charge in [0.1, 0.15) is 0 Å². The van der Waals surface area contributed by atoms with E-state index in [-0.39, 0.29) is 11.7 Å². The molecule has 0 aliphatic rings. The molecule has 1 aromatic heterocycles. The molecule has 0 atom stereocenters. The second-order valence-corrected chi connectivity index (χ2v) is 6.90. The second kappa shape index (κ2) is 8.20. The molecule has 2 aromatic rings. The van der Waals surface area contributed by atoms with Gasteiger partial charge in [0.15, 0.2) is 5.78 Å². The Morgan fingerprint density at radius 2 is 1.83 bits per heavy atom. The summed E-state index contributed by atoms with van der Waals surface area (Å²) in [7, 11) is 0. The number of thioether (sulfide) groups is 1. The summed E-state index contributed by atoms with van der Waals surface area (Å²) >= 11 is 1.52. The van der Waals surface area contributed by atoms with Crippen LogP contribution in [-0.2, 0) is 11.3 Å². The molecule has 0 saturated carbocycles. The summed E-state index contributed by atoms with van der Waals surface area (Å²) in [6.07, 6.45) is 1.05. The molecular formula is C19H24N2O2S. The minimum absolute atomic E-state index is 0.0898. The van der Waals surface area contributed by atoms with Gasteiger partial charge < -0.3 is 9.88 Å². The number of nitrogens with one attached hydrogen (secondary N) is 1. The lowest BCUT2D eigenvalue weighted by Gasteiger charge is -2.08. The zero-order valence-corrected chi connectivity index (χ0v) is 15.5. The van der Waals surface area contributed by atoms with E-state index in [1.54, 1.807) is 0 Å². The van der Waals surface area contributed by atoms with Gasteiger partial charge in [-0.25, -0.2) is 0 Å². The van der Waals surface area contributed by atoms with E-state index in [1.165, 1.54) is 18.7 Å². The molecule has 5 heteroatoms. The second-order valence-electron chi connectivity index (χ2n) is 5.85. The Bertz CT molecular complexity index is 733. The Labute approximate surface area is 147 Å². The van der Waals surface area contributed by atoms with Crippen LogP contribution >= 0.6 is 11.8 Å². The van der Waals surface area contributed by atoms with Crippen molar-refractivity contribution in [1.29, 1.82) is 0 Å². The molecule has 0 spiro atoms. The summed E-state index contributed by atoms with van der Waals surface area (Å²) in [5, 5.41) is 2.73. The van der Waals surface area contributed by atoms with E-state index in [9.17, 15) is 9.59 Å². The van der Waals surface area contributed by atoms with Crippen LogP contribution in [0.15, 0.2) is 35.2 Å². The number of hydrogen-bond acceptors (Lipinski definition) is 3. The quantitative estimate of drug-likeness (QED) is 0.596. The van der Waals surface area contributed by atoms with Crippen LogP contribution in [-0.4, -0.2) is 22.0 Å². The van der Waals surface area contributed by atoms with E-state index in [1.807, 2.05) is 44.2 Å². The number of nitrogens with zero attached hydrogens (tertiary/aromatic N) is 1. The fourth-order valence-corrected chi connectivity index (χ4v) is 3.50. The molecule has 1 amide bonds. The molecule has 0 aliphatic heterocycles. The molecule has 0 unspecified atom stereocenters. The number of Topliss-reactive ketones (excluding diaryl/α,β-unsaturated/α-hetero) is 1. The highest BCUT2D eigenvalue weighted by Gasteiger charge is 2.15. The first-order chi connectivity index (χ1) is 11.4. The van der Waals surface area contributed by atoms with Crippen molar-refractivity contribution in [2.75, 3.05) is 11.1 Å². The summed E-state index contributed by atoms with van der Waals surface area (Å²) in [6.45, 7) is 8.63. The van der Waals surface area contributed by atoms with Gasteiger partial charge in [-0.1, -0.05) is 6.92 Å². The molecule has 0 radical (unpaired) electrons. The number of rotatable bonds is 7. The third-order valence-corrected chi connectivity index (χ3v) is 4.88. The van der Waals surface area contributed by atoms with Crippen molar-refractivity contribution in [1.82, 2.24) is 4.57 Å². The van der Waals surface area contributed by atoms with Gasteiger partial charge in [0.25, 0.3) is 0 Å². The maximum absolute atomic E-state index is 12.5. The topological polar surface area (TPSA) is 51.1 Å². The molecule has 0 aliphatic carbocycles. The monoisotopic (exact) mass is 344 g/mol. The van der Waals surface area contributed by atoms with Crippen LogP contribution in [0.25, 0.3) is 0 Å². The number of carbonyl (C=O) groups is 2. The Morgan fingerprint density at radius 3 is 2.42 bits per heavy atom. The molecule has 0 bridgehead atoms. The molecule has 128 valence electrons. The van der Waals surface area contributed by atoms with Crippen LogP contribution in [0.4, 0.5) is 5.69 Å². The van der Waals surface area contributed by atoms with Crippen molar-refractivity contribution in [3.8, 4) is 0 Å². The summed E-state index contributed by atoms with van der Waals surface area (Å²) in [5.74, 6) is 0.477. The number of anilines is 1. The van der Waals surface area contributed by atoms with Gasteiger partial charge in [0, 0.05) is 41.0 Å². The number of benzene rings is 1. The van der Waals surface area contributed by atoms with Crippen LogP contribution in [0.5, 0.6) is 0 Å². The molecular weight excluding hydrogens is 320 g/mol. The third-order valence-electron chi connectivity index (χ3n) is 3.87. The SMILES string of the molecule is CCCn1c(C)cc(C(=O)CSc2ccc(NC(C)=O)cc2)c1C. The highest BCUT2D eigenvalue weighted by Crippen LogP contribution is 2.23. The Morgan fingerprint density at radius 1 is 1.17 bits per heavy atom. The zero-order chi connectivity index (χ0) is 17.7. The van der Waals surface area contributed by atoms with Gasteiger partial charge >= 0.3 is 0 Å². The van der Waals surface area contributed by atoms with Crippen molar-refractivity contribution < 1.29 is 9.59 Å². The standard InChI is InChI=1S/C19H24N2O2S/c1-5-10-21-13(2)11-18(14(21)3)19(23)12-24-17-8-6-16(7-9-17)20-15(4)22/h6-9,11H,5,10,12H2,1-4H3,(H,20,22). The van der Waals surface area contributed by atoms with Crippen molar-refractivity contribution in [3.63, 3.8) is 0 Å². The van der Waals surface area contributed by atoms with E-state index >= 15 is 0 Å². The van der Waals surface area contributed by atoms with Gasteiger partial charge in [-0.05, 0) is 50.6 Å². The lowest BCUT2D eigenvalue weighted by Crippen LogP contribution is -2.06. The summed E-state index contributed by atoms with van der Waals surface area (Å²) in [6, 6.07) is 9.53. The molecule has 24 heavy (non-hydrogen) atoms.